The second-order valence-electron chi connectivity index (χ2n) is 2.73. The molecule has 7 heteroatoms. The monoisotopic (exact) mass is 218 g/mol. The summed E-state index contributed by atoms with van der Waals surface area (Å²) in [5.41, 5.74) is 0. The molecule has 0 aromatic rings. The average Bonchev–Trinajstić information content (AvgIpc) is 2.01. The van der Waals surface area contributed by atoms with Gasteiger partial charge in [-0.05, 0) is 13.3 Å². The lowest BCUT2D eigenvalue weighted by Gasteiger charge is -2.26. The van der Waals surface area contributed by atoms with Gasteiger partial charge >= 0.3 is 18.0 Å². The van der Waals surface area contributed by atoms with Crippen LogP contribution in [-0.2, 0) is 9.53 Å². The maximum absolute atomic E-state index is 12.9. The normalized spacial score (nSPS) is 18.7. The van der Waals surface area contributed by atoms with Gasteiger partial charge in [0.1, 0.15) is 0 Å². The second kappa shape index (κ2) is 4.12. The number of ether oxygens (including phenoxy) is 1. The molecule has 2 unspecified atom stereocenters. The number of aliphatic carboxylic acids is 1. The molecule has 0 aromatic heterocycles. The van der Waals surface area contributed by atoms with E-state index in [1.807, 2.05) is 0 Å². The molecule has 0 aromatic carbocycles. The summed E-state index contributed by atoms with van der Waals surface area (Å²) in [7, 11) is 0. The summed E-state index contributed by atoms with van der Waals surface area (Å²) in [5, 5.41) is 8.09. The topological polar surface area (TPSA) is 46.5 Å². The van der Waals surface area contributed by atoms with Gasteiger partial charge < -0.3 is 9.84 Å². The van der Waals surface area contributed by atoms with Gasteiger partial charge in [0.2, 0.25) is 0 Å². The molecule has 0 bridgehead atoms. The Morgan fingerprint density at radius 3 is 2.07 bits per heavy atom. The summed E-state index contributed by atoms with van der Waals surface area (Å²) < 4.78 is 52.6. The van der Waals surface area contributed by atoms with Crippen LogP contribution >= 0.6 is 0 Å². The van der Waals surface area contributed by atoms with E-state index in [2.05, 4.69) is 4.74 Å². The molecule has 1 N–H and O–H groups in total. The number of carbonyl (C=O) groups is 1. The lowest BCUT2D eigenvalue weighted by molar-refractivity contribution is -0.332. The average molecular weight is 218 g/mol. The van der Waals surface area contributed by atoms with E-state index in [4.69, 9.17) is 5.11 Å². The van der Waals surface area contributed by atoms with Crippen LogP contribution in [0.2, 0.25) is 0 Å². The SMILES string of the molecule is CCC(C)OC(F)(C(=O)O)C(F)(F)F. The molecule has 0 amide bonds. The van der Waals surface area contributed by atoms with Crippen molar-refractivity contribution in [3.8, 4) is 0 Å². The summed E-state index contributed by atoms with van der Waals surface area (Å²) in [6.45, 7) is 2.60. The lowest BCUT2D eigenvalue weighted by atomic mass is 10.2. The first-order valence-corrected chi connectivity index (χ1v) is 3.82. The van der Waals surface area contributed by atoms with Gasteiger partial charge in [0.05, 0.1) is 6.10 Å². The Kier molecular flexibility index (Phi) is 3.87. The van der Waals surface area contributed by atoms with Gasteiger partial charge in [-0.25, -0.2) is 4.79 Å². The molecule has 0 aliphatic rings. The van der Waals surface area contributed by atoms with Crippen molar-refractivity contribution in [2.45, 2.75) is 38.4 Å². The Morgan fingerprint density at radius 2 is 1.86 bits per heavy atom. The van der Waals surface area contributed by atoms with E-state index in [0.29, 0.717) is 0 Å². The van der Waals surface area contributed by atoms with Crippen molar-refractivity contribution in [3.05, 3.63) is 0 Å². The van der Waals surface area contributed by atoms with E-state index in [-0.39, 0.29) is 6.42 Å². The number of hydrogen-bond acceptors (Lipinski definition) is 2. The van der Waals surface area contributed by atoms with Crippen molar-refractivity contribution >= 4 is 5.97 Å². The van der Waals surface area contributed by atoms with Crippen LogP contribution in [0.25, 0.3) is 0 Å². The third-order valence-electron chi connectivity index (χ3n) is 1.58. The summed E-state index contributed by atoms with van der Waals surface area (Å²) in [5.74, 6) is -7.31. The van der Waals surface area contributed by atoms with Crippen LogP contribution in [0.4, 0.5) is 17.6 Å². The minimum Gasteiger partial charge on any atom is -0.477 e. The first kappa shape index (κ1) is 13.2. The van der Waals surface area contributed by atoms with Crippen LogP contribution in [0.15, 0.2) is 0 Å². The van der Waals surface area contributed by atoms with Crippen LogP contribution in [0.5, 0.6) is 0 Å². The van der Waals surface area contributed by atoms with Gasteiger partial charge in [-0.2, -0.15) is 17.6 Å². The third kappa shape index (κ3) is 2.57. The zero-order valence-corrected chi connectivity index (χ0v) is 7.56. The van der Waals surface area contributed by atoms with E-state index < -0.39 is 24.1 Å². The molecule has 0 spiro atoms. The van der Waals surface area contributed by atoms with E-state index in [1.54, 1.807) is 0 Å². The fourth-order valence-corrected chi connectivity index (χ4v) is 0.599. The van der Waals surface area contributed by atoms with E-state index in [0.717, 1.165) is 6.92 Å². The Bertz CT molecular complexity index is 215. The smallest absolute Gasteiger partial charge is 0.460 e. The highest BCUT2D eigenvalue weighted by Crippen LogP contribution is 2.36. The summed E-state index contributed by atoms with van der Waals surface area (Å²) >= 11 is 0. The second-order valence-corrected chi connectivity index (χ2v) is 2.73. The molecule has 14 heavy (non-hydrogen) atoms. The van der Waals surface area contributed by atoms with Crippen molar-refractivity contribution in [2.24, 2.45) is 0 Å². The number of carboxylic acid groups (broad SMARTS) is 1. The van der Waals surface area contributed by atoms with E-state index in [1.165, 1.54) is 6.92 Å². The zero-order valence-electron chi connectivity index (χ0n) is 7.56. The van der Waals surface area contributed by atoms with Crippen LogP contribution in [0.3, 0.4) is 0 Å². The summed E-state index contributed by atoms with van der Waals surface area (Å²) in [4.78, 5) is 10.1. The highest BCUT2D eigenvalue weighted by molar-refractivity contribution is 5.76. The lowest BCUT2D eigenvalue weighted by Crippen LogP contribution is -2.52. The third-order valence-corrected chi connectivity index (χ3v) is 1.58. The first-order chi connectivity index (χ1) is 6.15. The molecule has 2 atom stereocenters. The molecule has 0 heterocycles. The minimum absolute atomic E-state index is 0.0784. The van der Waals surface area contributed by atoms with Gasteiger partial charge in [0, 0.05) is 0 Å². The molecule has 3 nitrogen and oxygen atoms in total. The van der Waals surface area contributed by atoms with Gasteiger partial charge in [0.25, 0.3) is 0 Å². The Balaban J connectivity index is 4.84. The first-order valence-electron chi connectivity index (χ1n) is 3.82. The van der Waals surface area contributed by atoms with Crippen LogP contribution in [0.1, 0.15) is 20.3 Å². The fourth-order valence-electron chi connectivity index (χ4n) is 0.599. The Hall–Kier alpha value is -0.850. The van der Waals surface area contributed by atoms with Crippen molar-refractivity contribution in [1.29, 1.82) is 0 Å². The van der Waals surface area contributed by atoms with E-state index >= 15 is 0 Å². The molecule has 0 radical (unpaired) electrons. The van der Waals surface area contributed by atoms with Crippen molar-refractivity contribution in [1.82, 2.24) is 0 Å². The molecule has 0 fully saturated rings. The molecule has 0 aliphatic heterocycles. The molecule has 0 saturated carbocycles. The number of alkyl halides is 4. The summed E-state index contributed by atoms with van der Waals surface area (Å²) in [6, 6.07) is 0. The predicted octanol–water partition coefficient (Wildman–Crippen LogP) is 2.11. The van der Waals surface area contributed by atoms with Crippen molar-refractivity contribution in [3.63, 3.8) is 0 Å². The maximum Gasteiger partial charge on any atom is 0.460 e. The standard InChI is InChI=1S/C7H10F4O3/c1-3-4(2)14-6(8,5(12)13)7(9,10)11/h4H,3H2,1-2H3,(H,12,13). The van der Waals surface area contributed by atoms with Gasteiger partial charge in [-0.3, -0.25) is 0 Å². The Labute approximate surface area is 77.7 Å². The fraction of sp³-hybridized carbons (Fsp3) is 0.857. The molecule has 0 saturated heterocycles. The summed E-state index contributed by atoms with van der Waals surface area (Å²) in [6.07, 6.45) is -6.63. The molecule has 84 valence electrons. The molecule has 0 rings (SSSR count). The van der Waals surface area contributed by atoms with Crippen LogP contribution in [0, 0.1) is 0 Å². The minimum atomic E-state index is -5.58. The number of rotatable bonds is 4. The van der Waals surface area contributed by atoms with Crippen molar-refractivity contribution < 1.29 is 32.2 Å². The molecule has 0 aliphatic carbocycles. The van der Waals surface area contributed by atoms with Crippen LogP contribution in [-0.4, -0.2) is 29.2 Å². The van der Waals surface area contributed by atoms with Gasteiger partial charge in [-0.15, -0.1) is 0 Å². The number of carboxylic acids is 1. The van der Waals surface area contributed by atoms with E-state index in [9.17, 15) is 22.4 Å². The maximum atomic E-state index is 12.9. The largest absolute Gasteiger partial charge is 0.477 e. The van der Waals surface area contributed by atoms with Gasteiger partial charge in [0.15, 0.2) is 0 Å². The zero-order chi connectivity index (χ0) is 11.6. The van der Waals surface area contributed by atoms with Gasteiger partial charge in [-0.1, -0.05) is 6.92 Å². The van der Waals surface area contributed by atoms with Crippen LogP contribution < -0.4 is 0 Å². The quantitative estimate of drug-likeness (QED) is 0.735. The van der Waals surface area contributed by atoms with Crippen molar-refractivity contribution in [2.75, 3.05) is 0 Å². The number of hydrogen-bond donors (Lipinski definition) is 1. The Morgan fingerprint density at radius 1 is 1.43 bits per heavy atom. The predicted molar refractivity (Wildman–Crippen MR) is 38.4 cm³/mol. The number of halogens is 4. The molecular weight excluding hydrogens is 208 g/mol. The highest BCUT2D eigenvalue weighted by atomic mass is 19.4. The highest BCUT2D eigenvalue weighted by Gasteiger charge is 2.65. The molecular formula is C7H10F4O3.